The molecule has 4 aromatic rings. The maximum atomic E-state index is 13.2. The molecule has 0 fully saturated rings. The number of rotatable bonds is 9. The number of carboxylic acids is 1. The number of fused-ring (bicyclic) bond motifs is 1. The Kier molecular flexibility index (Phi) is 7.65. The molecule has 0 aliphatic rings. The van der Waals surface area contributed by atoms with Crippen molar-refractivity contribution in [3.05, 3.63) is 113 Å². The van der Waals surface area contributed by atoms with Gasteiger partial charge in [0.25, 0.3) is 5.91 Å². The summed E-state index contributed by atoms with van der Waals surface area (Å²) < 4.78 is 0. The fourth-order valence-corrected chi connectivity index (χ4v) is 4.95. The Hall–Kier alpha value is -3.57. The molecule has 0 heterocycles. The van der Waals surface area contributed by atoms with Crippen LogP contribution < -0.4 is 5.32 Å². The van der Waals surface area contributed by atoms with E-state index in [1.54, 1.807) is 11.8 Å². The zero-order valence-corrected chi connectivity index (χ0v) is 19.9. The van der Waals surface area contributed by atoms with E-state index in [0.29, 0.717) is 18.5 Å². The van der Waals surface area contributed by atoms with Gasteiger partial charge >= 0.3 is 5.97 Å². The zero-order valence-electron chi connectivity index (χ0n) is 19.1. The minimum Gasteiger partial charge on any atom is -0.481 e. The lowest BCUT2D eigenvalue weighted by Gasteiger charge is -2.13. The molecule has 0 atom stereocenters. The summed E-state index contributed by atoms with van der Waals surface area (Å²) in [5.41, 5.74) is 4.60. The second-order valence-corrected chi connectivity index (χ2v) is 9.28. The van der Waals surface area contributed by atoms with Gasteiger partial charge in [-0.15, -0.1) is 11.8 Å². The van der Waals surface area contributed by atoms with Crippen molar-refractivity contribution in [1.29, 1.82) is 0 Å². The van der Waals surface area contributed by atoms with Crippen LogP contribution in [0.5, 0.6) is 0 Å². The van der Waals surface area contributed by atoms with Crippen molar-refractivity contribution in [2.75, 3.05) is 0 Å². The van der Waals surface area contributed by atoms with E-state index < -0.39 is 5.97 Å². The third-order valence-corrected chi connectivity index (χ3v) is 7.08. The average molecular weight is 470 g/mol. The standard InChI is InChI=1S/C29H27NO3S/c1-20-7-2-5-12-27(20)34-19-21-13-14-23(15-16-28(31)32)26(17-21)29(33)30-18-24-10-6-9-22-8-3-4-11-25(22)24/h2-14,17H,15-16,18-19H2,1H3,(H,30,33)(H,31,32). The average Bonchev–Trinajstić information content (AvgIpc) is 2.85. The second-order valence-electron chi connectivity index (χ2n) is 8.26. The van der Waals surface area contributed by atoms with Gasteiger partial charge in [-0.1, -0.05) is 72.8 Å². The molecule has 5 heteroatoms. The molecule has 0 radical (unpaired) electrons. The summed E-state index contributed by atoms with van der Waals surface area (Å²) in [7, 11) is 0. The molecular weight excluding hydrogens is 442 g/mol. The van der Waals surface area contributed by atoms with Crippen LogP contribution in [0, 0.1) is 6.92 Å². The van der Waals surface area contributed by atoms with Crippen molar-refractivity contribution in [2.45, 2.75) is 37.0 Å². The van der Waals surface area contributed by atoms with E-state index in [1.165, 1.54) is 10.5 Å². The summed E-state index contributed by atoms with van der Waals surface area (Å²) in [6, 6.07) is 28.2. The van der Waals surface area contributed by atoms with Crippen molar-refractivity contribution in [3.63, 3.8) is 0 Å². The lowest BCUT2D eigenvalue weighted by Crippen LogP contribution is -2.24. The second kappa shape index (κ2) is 11.0. The molecule has 2 N–H and O–H groups in total. The van der Waals surface area contributed by atoms with E-state index in [9.17, 15) is 9.59 Å². The van der Waals surface area contributed by atoms with Crippen LogP contribution in [-0.4, -0.2) is 17.0 Å². The summed E-state index contributed by atoms with van der Waals surface area (Å²) in [6.07, 6.45) is 0.304. The van der Waals surface area contributed by atoms with Gasteiger partial charge in [-0.25, -0.2) is 0 Å². The van der Waals surface area contributed by atoms with Crippen molar-refractivity contribution >= 4 is 34.4 Å². The highest BCUT2D eigenvalue weighted by atomic mass is 32.2. The van der Waals surface area contributed by atoms with Crippen molar-refractivity contribution in [3.8, 4) is 0 Å². The minimum atomic E-state index is -0.874. The third-order valence-electron chi connectivity index (χ3n) is 5.83. The van der Waals surface area contributed by atoms with Gasteiger partial charge < -0.3 is 10.4 Å². The molecule has 1 amide bonds. The molecular formula is C29H27NO3S. The SMILES string of the molecule is Cc1ccccc1SCc1ccc(CCC(=O)O)c(C(=O)NCc2cccc3ccccc23)c1. The van der Waals surface area contributed by atoms with Crippen LogP contribution in [0.4, 0.5) is 0 Å². The Morgan fingerprint density at radius 3 is 2.47 bits per heavy atom. The molecule has 4 aromatic carbocycles. The Balaban J connectivity index is 1.54. The first-order chi connectivity index (χ1) is 16.5. The number of amides is 1. The van der Waals surface area contributed by atoms with E-state index >= 15 is 0 Å². The lowest BCUT2D eigenvalue weighted by molar-refractivity contribution is -0.136. The summed E-state index contributed by atoms with van der Waals surface area (Å²) in [6.45, 7) is 2.49. The van der Waals surface area contributed by atoms with Crippen LogP contribution in [0.25, 0.3) is 10.8 Å². The number of aliphatic carboxylic acids is 1. The molecule has 0 unspecified atom stereocenters. The van der Waals surface area contributed by atoms with Gasteiger partial charge in [0.05, 0.1) is 0 Å². The molecule has 172 valence electrons. The first kappa shape index (κ1) is 23.6. The highest BCUT2D eigenvalue weighted by Gasteiger charge is 2.14. The van der Waals surface area contributed by atoms with Crippen LogP contribution >= 0.6 is 11.8 Å². The molecule has 0 bridgehead atoms. The highest BCUT2D eigenvalue weighted by Crippen LogP contribution is 2.27. The molecule has 0 saturated heterocycles. The number of hydrogen-bond donors (Lipinski definition) is 2. The van der Waals surface area contributed by atoms with Crippen LogP contribution in [0.3, 0.4) is 0 Å². The molecule has 0 aliphatic heterocycles. The number of thioether (sulfide) groups is 1. The Bertz CT molecular complexity index is 1330. The molecule has 4 rings (SSSR count). The zero-order chi connectivity index (χ0) is 23.9. The number of aryl methyl sites for hydroxylation is 2. The van der Waals surface area contributed by atoms with E-state index in [2.05, 4.69) is 42.6 Å². The van der Waals surface area contributed by atoms with E-state index in [4.69, 9.17) is 5.11 Å². The summed E-state index contributed by atoms with van der Waals surface area (Å²) >= 11 is 1.73. The predicted octanol–water partition coefficient (Wildman–Crippen LogP) is 6.39. The molecule has 4 nitrogen and oxygen atoms in total. The summed E-state index contributed by atoms with van der Waals surface area (Å²) in [4.78, 5) is 25.6. The minimum absolute atomic E-state index is 0.0130. The van der Waals surface area contributed by atoms with E-state index in [1.807, 2.05) is 54.6 Å². The predicted molar refractivity (Wildman–Crippen MR) is 138 cm³/mol. The number of benzene rings is 4. The smallest absolute Gasteiger partial charge is 0.303 e. The lowest BCUT2D eigenvalue weighted by atomic mass is 9.99. The largest absolute Gasteiger partial charge is 0.481 e. The number of carboxylic acid groups (broad SMARTS) is 1. The topological polar surface area (TPSA) is 66.4 Å². The third kappa shape index (κ3) is 5.86. The number of carbonyl (C=O) groups is 2. The van der Waals surface area contributed by atoms with E-state index in [-0.39, 0.29) is 12.3 Å². The van der Waals surface area contributed by atoms with Crippen LogP contribution in [0.2, 0.25) is 0 Å². The van der Waals surface area contributed by atoms with Crippen molar-refractivity contribution in [2.24, 2.45) is 0 Å². The fourth-order valence-electron chi connectivity index (χ4n) is 3.98. The molecule has 34 heavy (non-hydrogen) atoms. The molecule has 0 saturated carbocycles. The first-order valence-corrected chi connectivity index (χ1v) is 12.3. The highest BCUT2D eigenvalue weighted by molar-refractivity contribution is 7.98. The van der Waals surface area contributed by atoms with Crippen LogP contribution in [-0.2, 0) is 23.5 Å². The molecule has 0 aromatic heterocycles. The number of hydrogen-bond acceptors (Lipinski definition) is 3. The van der Waals surface area contributed by atoms with Gasteiger partial charge in [0.15, 0.2) is 0 Å². The van der Waals surface area contributed by atoms with Gasteiger partial charge in [0.2, 0.25) is 0 Å². The van der Waals surface area contributed by atoms with Crippen LogP contribution in [0.15, 0.2) is 89.8 Å². The fraction of sp³-hybridized carbons (Fsp3) is 0.172. The van der Waals surface area contributed by atoms with Gasteiger partial charge in [0.1, 0.15) is 0 Å². The normalized spacial score (nSPS) is 10.9. The van der Waals surface area contributed by atoms with Gasteiger partial charge in [-0.2, -0.15) is 0 Å². The van der Waals surface area contributed by atoms with Crippen LogP contribution in [0.1, 0.15) is 39.0 Å². The van der Waals surface area contributed by atoms with Crippen molar-refractivity contribution in [1.82, 2.24) is 5.32 Å². The summed E-state index contributed by atoms with van der Waals surface area (Å²) in [5.74, 6) is -0.328. The monoisotopic (exact) mass is 469 g/mol. The Morgan fingerprint density at radius 2 is 1.65 bits per heavy atom. The maximum Gasteiger partial charge on any atom is 0.303 e. The Morgan fingerprint density at radius 1 is 0.882 bits per heavy atom. The first-order valence-electron chi connectivity index (χ1n) is 11.3. The molecule has 0 aliphatic carbocycles. The summed E-state index contributed by atoms with van der Waals surface area (Å²) in [5, 5.41) is 14.4. The maximum absolute atomic E-state index is 13.2. The van der Waals surface area contributed by atoms with Crippen molar-refractivity contribution < 1.29 is 14.7 Å². The number of nitrogens with one attached hydrogen (secondary N) is 1. The van der Waals surface area contributed by atoms with Gasteiger partial charge in [0, 0.05) is 29.2 Å². The van der Waals surface area contributed by atoms with Gasteiger partial charge in [-0.3, -0.25) is 9.59 Å². The quantitative estimate of drug-likeness (QED) is 0.279. The van der Waals surface area contributed by atoms with E-state index in [0.717, 1.165) is 33.2 Å². The van der Waals surface area contributed by atoms with Gasteiger partial charge in [-0.05, 0) is 58.5 Å². The Labute approximate surface area is 204 Å². The molecule has 0 spiro atoms. The number of carbonyl (C=O) groups excluding carboxylic acids is 1.